The van der Waals surface area contributed by atoms with Crippen LogP contribution in [-0.4, -0.2) is 47.4 Å². The van der Waals surface area contributed by atoms with Crippen molar-refractivity contribution in [1.82, 2.24) is 5.32 Å². The molecule has 3 N–H and O–H groups in total. The number of aliphatic hydroxyl groups excluding tert-OH is 2. The number of ether oxygens (including phenoxy) is 1. The summed E-state index contributed by atoms with van der Waals surface area (Å²) in [5.74, 6) is -0.0855. The van der Waals surface area contributed by atoms with E-state index < -0.39 is 12.1 Å². The van der Waals surface area contributed by atoms with Crippen LogP contribution in [0, 0.1) is 0 Å². The van der Waals surface area contributed by atoms with Gasteiger partial charge in [0.05, 0.1) is 25.4 Å². The van der Waals surface area contributed by atoms with E-state index in [0.29, 0.717) is 19.4 Å². The summed E-state index contributed by atoms with van der Waals surface area (Å²) in [5, 5.41) is 23.2. The van der Waals surface area contributed by atoms with Crippen molar-refractivity contribution in [3.05, 3.63) is 60.8 Å². The molecule has 0 bridgehead atoms. The van der Waals surface area contributed by atoms with E-state index in [-0.39, 0.29) is 18.5 Å². The van der Waals surface area contributed by atoms with Crippen molar-refractivity contribution in [3.63, 3.8) is 0 Å². The summed E-state index contributed by atoms with van der Waals surface area (Å²) in [7, 11) is 0. The predicted molar refractivity (Wildman–Crippen MR) is 319 cm³/mol. The second-order valence-electron chi connectivity index (χ2n) is 21.7. The fraction of sp³-hybridized carbons (Fsp3) is 0.821. The van der Waals surface area contributed by atoms with Gasteiger partial charge in [0.2, 0.25) is 5.91 Å². The van der Waals surface area contributed by atoms with E-state index in [1.807, 2.05) is 6.08 Å². The van der Waals surface area contributed by atoms with Gasteiger partial charge in [0, 0.05) is 12.8 Å². The van der Waals surface area contributed by atoms with Crippen molar-refractivity contribution in [2.45, 2.75) is 341 Å². The topological polar surface area (TPSA) is 95.9 Å². The van der Waals surface area contributed by atoms with Crippen LogP contribution >= 0.6 is 0 Å². The zero-order chi connectivity index (χ0) is 52.9. The molecule has 0 saturated carbocycles. The van der Waals surface area contributed by atoms with E-state index in [9.17, 15) is 19.8 Å². The Labute approximate surface area is 454 Å². The Hall–Kier alpha value is -2.44. The molecule has 0 spiro atoms. The molecular formula is C67H123NO5. The van der Waals surface area contributed by atoms with E-state index in [1.165, 1.54) is 231 Å². The van der Waals surface area contributed by atoms with Gasteiger partial charge in [-0.25, -0.2) is 0 Å². The first-order valence-corrected chi connectivity index (χ1v) is 32.1. The lowest BCUT2D eigenvalue weighted by atomic mass is 10.0. The molecule has 0 saturated heterocycles. The van der Waals surface area contributed by atoms with Gasteiger partial charge in [-0.15, -0.1) is 0 Å². The SMILES string of the molecule is CCCCC/C=C\C/C=C\CCCCCCCC(=O)OCCCCCCCCCCC/C=C\C/C=C\CCCCCCCCCC(=O)NC(CO)C(O)/C=C/CCCCCCCCCCCCCCCCCC. The number of esters is 1. The summed E-state index contributed by atoms with van der Waals surface area (Å²) in [6.07, 6.45) is 81.2. The lowest BCUT2D eigenvalue weighted by Gasteiger charge is -2.20. The minimum atomic E-state index is -0.853. The second kappa shape index (κ2) is 62.1. The standard InChI is InChI=1S/C67H123NO5/c1-3-5-7-9-11-13-15-17-19-20-28-32-35-39-43-47-51-55-59-65(70)64(63-69)68-66(71)60-56-52-48-44-40-36-33-29-26-24-22-21-23-25-27-30-34-38-42-46-50-54-58-62-73-67(72)61-57-53-49-45-41-37-31-18-16-14-12-10-8-6-4-2/h12,14,18,21,23-24,26,31,55,59,64-65,69-70H,3-11,13,15-17,19-20,22,25,27-30,32-54,56-58,60-63H2,1-2H3,(H,68,71)/b14-12-,23-21-,26-24-,31-18-,59-55+. The molecule has 2 unspecified atom stereocenters. The molecule has 0 aliphatic heterocycles. The molecule has 0 aromatic heterocycles. The van der Waals surface area contributed by atoms with Crippen molar-refractivity contribution in [3.8, 4) is 0 Å². The molecule has 0 heterocycles. The van der Waals surface area contributed by atoms with Crippen LogP contribution in [0.2, 0.25) is 0 Å². The summed E-state index contributed by atoms with van der Waals surface area (Å²) in [6, 6.07) is -0.637. The molecule has 0 aromatic carbocycles. The maximum Gasteiger partial charge on any atom is 0.305 e. The van der Waals surface area contributed by atoms with Crippen molar-refractivity contribution in [1.29, 1.82) is 0 Å². The predicted octanol–water partition coefficient (Wildman–Crippen LogP) is 20.3. The van der Waals surface area contributed by atoms with E-state index in [0.717, 1.165) is 70.6 Å². The van der Waals surface area contributed by atoms with Crippen LogP contribution in [-0.2, 0) is 14.3 Å². The van der Waals surface area contributed by atoms with Crippen molar-refractivity contribution >= 4 is 11.9 Å². The van der Waals surface area contributed by atoms with Crippen molar-refractivity contribution < 1.29 is 24.5 Å². The highest BCUT2D eigenvalue weighted by atomic mass is 16.5. The fourth-order valence-corrected chi connectivity index (χ4v) is 9.58. The first kappa shape index (κ1) is 70.6. The summed E-state index contributed by atoms with van der Waals surface area (Å²) >= 11 is 0. The van der Waals surface area contributed by atoms with Gasteiger partial charge in [-0.1, -0.05) is 280 Å². The quantitative estimate of drug-likeness (QED) is 0.0320. The maximum absolute atomic E-state index is 12.5. The molecule has 2 atom stereocenters. The van der Waals surface area contributed by atoms with Gasteiger partial charge in [-0.2, -0.15) is 0 Å². The summed E-state index contributed by atoms with van der Waals surface area (Å²) in [6.45, 7) is 4.87. The molecule has 6 heteroatoms. The number of carbonyl (C=O) groups excluding carboxylic acids is 2. The molecule has 0 aromatic rings. The number of rotatable bonds is 59. The average Bonchev–Trinajstić information content (AvgIpc) is 3.39. The largest absolute Gasteiger partial charge is 0.466 e. The molecule has 1 amide bonds. The van der Waals surface area contributed by atoms with Gasteiger partial charge in [0.15, 0.2) is 0 Å². The van der Waals surface area contributed by atoms with Crippen molar-refractivity contribution in [2.24, 2.45) is 0 Å². The average molecular weight is 1020 g/mol. The Morgan fingerprint density at radius 2 is 0.685 bits per heavy atom. The Balaban J connectivity index is 3.49. The molecule has 0 aliphatic rings. The lowest BCUT2D eigenvalue weighted by Crippen LogP contribution is -2.45. The molecule has 0 radical (unpaired) electrons. The Kier molecular flexibility index (Phi) is 60.0. The summed E-state index contributed by atoms with van der Waals surface area (Å²) in [4.78, 5) is 24.5. The molecule has 0 rings (SSSR count). The first-order chi connectivity index (χ1) is 36.0. The Morgan fingerprint density at radius 3 is 1.07 bits per heavy atom. The third-order valence-corrected chi connectivity index (χ3v) is 14.5. The minimum absolute atomic E-state index is 0.00794. The minimum Gasteiger partial charge on any atom is -0.466 e. The Bertz CT molecular complexity index is 1270. The monoisotopic (exact) mass is 1020 g/mol. The Morgan fingerprint density at radius 1 is 0.384 bits per heavy atom. The molecule has 0 fully saturated rings. The molecule has 6 nitrogen and oxygen atoms in total. The van der Waals surface area contributed by atoms with E-state index in [1.54, 1.807) is 6.08 Å². The van der Waals surface area contributed by atoms with E-state index in [2.05, 4.69) is 67.8 Å². The lowest BCUT2D eigenvalue weighted by molar-refractivity contribution is -0.143. The number of allylic oxidation sites excluding steroid dienone is 9. The maximum atomic E-state index is 12.5. The van der Waals surface area contributed by atoms with Gasteiger partial charge in [-0.3, -0.25) is 9.59 Å². The van der Waals surface area contributed by atoms with Crippen LogP contribution in [0.25, 0.3) is 0 Å². The number of unbranched alkanes of at least 4 members (excludes halogenated alkanes) is 40. The van der Waals surface area contributed by atoms with Crippen molar-refractivity contribution in [2.75, 3.05) is 13.2 Å². The van der Waals surface area contributed by atoms with Gasteiger partial charge in [0.1, 0.15) is 0 Å². The molecule has 426 valence electrons. The third-order valence-electron chi connectivity index (χ3n) is 14.5. The van der Waals surface area contributed by atoms with Crippen LogP contribution in [0.5, 0.6) is 0 Å². The number of carbonyl (C=O) groups is 2. The van der Waals surface area contributed by atoms with E-state index in [4.69, 9.17) is 4.74 Å². The van der Waals surface area contributed by atoms with Crippen LogP contribution in [0.4, 0.5) is 0 Å². The summed E-state index contributed by atoms with van der Waals surface area (Å²) < 4.78 is 5.47. The van der Waals surface area contributed by atoms with Gasteiger partial charge in [0.25, 0.3) is 0 Å². The first-order valence-electron chi connectivity index (χ1n) is 32.1. The fourth-order valence-electron chi connectivity index (χ4n) is 9.58. The van der Waals surface area contributed by atoms with Crippen LogP contribution in [0.3, 0.4) is 0 Å². The number of hydrogen-bond acceptors (Lipinski definition) is 5. The molecular weight excluding hydrogens is 899 g/mol. The number of nitrogens with one attached hydrogen (secondary N) is 1. The zero-order valence-electron chi connectivity index (χ0n) is 48.6. The second-order valence-corrected chi connectivity index (χ2v) is 21.7. The van der Waals surface area contributed by atoms with Gasteiger partial charge < -0.3 is 20.3 Å². The smallest absolute Gasteiger partial charge is 0.305 e. The highest BCUT2D eigenvalue weighted by Crippen LogP contribution is 2.16. The number of aliphatic hydroxyl groups is 2. The third kappa shape index (κ3) is 58.7. The highest BCUT2D eigenvalue weighted by Gasteiger charge is 2.18. The van der Waals surface area contributed by atoms with Crippen LogP contribution in [0.1, 0.15) is 328 Å². The van der Waals surface area contributed by atoms with Crippen LogP contribution < -0.4 is 5.32 Å². The molecule has 73 heavy (non-hydrogen) atoms. The summed E-state index contributed by atoms with van der Waals surface area (Å²) in [5.41, 5.74) is 0. The molecule has 0 aliphatic carbocycles. The zero-order valence-corrected chi connectivity index (χ0v) is 48.6. The van der Waals surface area contributed by atoms with Gasteiger partial charge >= 0.3 is 5.97 Å². The van der Waals surface area contributed by atoms with E-state index >= 15 is 0 Å². The highest BCUT2D eigenvalue weighted by molar-refractivity contribution is 5.76. The number of hydrogen-bond donors (Lipinski definition) is 3. The number of amides is 1. The normalized spacial score (nSPS) is 13.0. The van der Waals surface area contributed by atoms with Crippen LogP contribution in [0.15, 0.2) is 60.8 Å². The van der Waals surface area contributed by atoms with Gasteiger partial charge in [-0.05, 0) is 96.3 Å².